The van der Waals surface area contributed by atoms with E-state index in [9.17, 15) is 26.7 Å². The van der Waals surface area contributed by atoms with Crippen molar-refractivity contribution in [2.24, 2.45) is 0 Å². The summed E-state index contributed by atoms with van der Waals surface area (Å²) in [6.45, 7) is -1.84. The van der Waals surface area contributed by atoms with Crippen molar-refractivity contribution in [2.45, 2.75) is 37.7 Å². The Morgan fingerprint density at radius 3 is 2.78 bits per heavy atom. The summed E-state index contributed by atoms with van der Waals surface area (Å²) in [5, 5.41) is 9.26. The molecule has 5 heterocycles. The lowest BCUT2D eigenvalue weighted by atomic mass is 9.88. The Bertz CT molecular complexity index is 1350. The van der Waals surface area contributed by atoms with E-state index in [4.69, 9.17) is 16.3 Å². The van der Waals surface area contributed by atoms with Gasteiger partial charge in [-0.1, -0.05) is 11.6 Å². The normalized spacial score (nSPS) is 21.5. The topological polar surface area (TPSA) is 106 Å². The second kappa shape index (κ2) is 9.13. The number of nitrogens with one attached hydrogen (secondary N) is 2. The number of hydrogen-bond acceptors (Lipinski definition) is 7. The van der Waals surface area contributed by atoms with Crippen molar-refractivity contribution in [3.63, 3.8) is 0 Å². The van der Waals surface area contributed by atoms with Crippen molar-refractivity contribution in [3.8, 4) is 11.6 Å². The molecule has 2 N–H and O–H groups in total. The van der Waals surface area contributed by atoms with Gasteiger partial charge in [-0.25, -0.2) is 14.3 Å². The summed E-state index contributed by atoms with van der Waals surface area (Å²) >= 11 is 5.89. The zero-order chi connectivity index (χ0) is 26.5. The quantitative estimate of drug-likeness (QED) is 0.465. The zero-order valence-electron chi connectivity index (χ0n) is 19.0. The van der Waals surface area contributed by atoms with Crippen molar-refractivity contribution in [2.75, 3.05) is 29.9 Å². The van der Waals surface area contributed by atoms with Gasteiger partial charge in [0.05, 0.1) is 17.6 Å². The van der Waals surface area contributed by atoms with Crippen LogP contribution in [0.15, 0.2) is 24.4 Å². The first-order valence-electron chi connectivity index (χ1n) is 11.0. The summed E-state index contributed by atoms with van der Waals surface area (Å²) in [5.74, 6) is -0.709. The van der Waals surface area contributed by atoms with Gasteiger partial charge >= 0.3 is 18.8 Å². The minimum absolute atomic E-state index is 0.0710. The summed E-state index contributed by atoms with van der Waals surface area (Å²) in [7, 11) is 0. The molecule has 1 saturated heterocycles. The Labute approximate surface area is 210 Å². The Hall–Kier alpha value is -3.46. The van der Waals surface area contributed by atoms with E-state index in [0.29, 0.717) is 19.5 Å². The first-order chi connectivity index (χ1) is 17.4. The molecule has 0 spiro atoms. The zero-order valence-corrected chi connectivity index (χ0v) is 19.8. The number of amides is 2. The summed E-state index contributed by atoms with van der Waals surface area (Å²) in [6, 6.07) is 2.43. The first kappa shape index (κ1) is 25.2. The van der Waals surface area contributed by atoms with Gasteiger partial charge < -0.3 is 14.8 Å². The van der Waals surface area contributed by atoms with Crippen LogP contribution in [0.3, 0.4) is 0 Å². The second-order valence-corrected chi connectivity index (χ2v) is 9.10. The third-order valence-electron chi connectivity index (χ3n) is 6.13. The molecule has 2 aliphatic rings. The molecule has 3 aromatic heterocycles. The predicted octanol–water partition coefficient (Wildman–Crippen LogP) is 3.99. The Morgan fingerprint density at radius 2 is 2.11 bits per heavy atom. The maximum absolute atomic E-state index is 14.3. The Morgan fingerprint density at radius 1 is 1.32 bits per heavy atom. The Balaban J connectivity index is 1.49. The second-order valence-electron chi connectivity index (χ2n) is 8.71. The fraction of sp³-hybridized carbons (Fsp3) is 0.429. The number of carbonyl (C=O) groups excluding carboxylic acids is 1. The van der Waals surface area contributed by atoms with Crippen LogP contribution in [0, 0.1) is 0 Å². The number of ether oxygens (including phenoxy) is 2. The van der Waals surface area contributed by atoms with E-state index in [1.54, 1.807) is 0 Å². The van der Waals surface area contributed by atoms with Gasteiger partial charge in [-0.3, -0.25) is 10.2 Å². The van der Waals surface area contributed by atoms with E-state index in [-0.39, 0.29) is 45.7 Å². The van der Waals surface area contributed by atoms with E-state index in [1.807, 2.05) is 0 Å². The molecule has 1 fully saturated rings. The molecule has 1 unspecified atom stereocenters. The number of carbonyl (C=O) groups is 1. The van der Waals surface area contributed by atoms with E-state index in [2.05, 4.69) is 30.4 Å². The number of halogens is 6. The van der Waals surface area contributed by atoms with Gasteiger partial charge in [-0.15, -0.1) is 0 Å². The van der Waals surface area contributed by atoms with Gasteiger partial charge in [0.25, 0.3) is 0 Å². The Kier molecular flexibility index (Phi) is 6.22. The summed E-state index contributed by atoms with van der Waals surface area (Å²) < 4.78 is 79.6. The van der Waals surface area contributed by atoms with Crippen LogP contribution in [0.25, 0.3) is 5.65 Å². The van der Waals surface area contributed by atoms with Crippen molar-refractivity contribution in [3.05, 3.63) is 35.2 Å². The lowest BCUT2D eigenvalue weighted by molar-refractivity contribution is -0.181. The monoisotopic (exact) mass is 547 g/mol. The van der Waals surface area contributed by atoms with Crippen molar-refractivity contribution < 1.29 is 36.2 Å². The molecule has 2 atom stereocenters. The molecule has 2 amide bonds. The number of anilines is 2. The maximum Gasteiger partial charge on any atom is 0.401 e. The average Bonchev–Trinajstić information content (AvgIpc) is 3.50. The van der Waals surface area contributed by atoms with Crippen LogP contribution in [0.1, 0.15) is 19.0 Å². The smallest absolute Gasteiger partial charge is 0.401 e. The van der Waals surface area contributed by atoms with Gasteiger partial charge in [0.1, 0.15) is 23.1 Å². The third kappa shape index (κ3) is 4.68. The lowest BCUT2D eigenvalue weighted by Gasteiger charge is -2.28. The van der Waals surface area contributed by atoms with E-state index >= 15 is 0 Å². The molecule has 0 aliphatic carbocycles. The highest BCUT2D eigenvalue weighted by molar-refractivity contribution is 6.29. The van der Waals surface area contributed by atoms with Gasteiger partial charge in [-0.05, 0) is 19.9 Å². The number of rotatable bonds is 5. The molecule has 0 aromatic carbocycles. The maximum atomic E-state index is 14.3. The fourth-order valence-electron chi connectivity index (χ4n) is 4.35. The molecule has 5 rings (SSSR count). The summed E-state index contributed by atoms with van der Waals surface area (Å²) in [6.07, 6.45) is -3.30. The first-order valence-corrected chi connectivity index (χ1v) is 11.4. The molecular formula is C21H19ClF5N7O3. The van der Waals surface area contributed by atoms with Crippen molar-refractivity contribution in [1.29, 1.82) is 0 Å². The van der Waals surface area contributed by atoms with Crippen LogP contribution in [0.2, 0.25) is 5.15 Å². The minimum atomic E-state index is -4.77. The third-order valence-corrected chi connectivity index (χ3v) is 6.32. The fourth-order valence-corrected chi connectivity index (χ4v) is 4.52. The number of urea groups is 1. The largest absolute Gasteiger partial charge is 0.473 e. The summed E-state index contributed by atoms with van der Waals surface area (Å²) in [5.41, 5.74) is -2.93. The molecule has 37 heavy (non-hydrogen) atoms. The number of fused-ring (bicyclic) bond motifs is 3. The van der Waals surface area contributed by atoms with E-state index < -0.39 is 30.8 Å². The molecule has 0 saturated carbocycles. The number of alkyl halides is 5. The lowest BCUT2D eigenvalue weighted by Crippen LogP contribution is -2.46. The highest BCUT2D eigenvalue weighted by atomic mass is 35.5. The number of pyridine rings is 1. The van der Waals surface area contributed by atoms with Gasteiger partial charge in [0, 0.05) is 31.3 Å². The van der Waals surface area contributed by atoms with Crippen LogP contribution in [0.5, 0.6) is 11.6 Å². The molecule has 10 nitrogen and oxygen atoms in total. The number of nitrogens with zero attached hydrogens (tertiary/aromatic N) is 5. The molecule has 0 radical (unpaired) electrons. The standard InChI is InChI=1S/C21H19ClF5N7O3/c1-20(21(25,26)27)9-33(12-8-29-15-6-13(22)32-34(15)17(12)20)19(35)31-14-4-11(37-18(23)24)5-16(30-14)36-10-2-3-28-7-10/h4-6,8,10,18,28H,2-3,7,9H2,1H3,(H,30,31,35)/t10-,20?/m0/s1. The molecule has 16 heteroatoms. The SMILES string of the molecule is CC1(C(F)(F)F)CN(C(=O)Nc2cc(OC(F)F)cc(O[C@H]3CCNC3)n2)c2cnc3cc(Cl)nn3c21. The van der Waals surface area contributed by atoms with E-state index in [1.165, 1.54) is 6.07 Å². The van der Waals surface area contributed by atoms with Crippen LogP contribution in [-0.2, 0) is 5.41 Å². The highest BCUT2D eigenvalue weighted by Gasteiger charge is 2.60. The van der Waals surface area contributed by atoms with Crippen LogP contribution >= 0.6 is 11.6 Å². The van der Waals surface area contributed by atoms with E-state index in [0.717, 1.165) is 34.7 Å². The molecule has 0 bridgehead atoms. The minimum Gasteiger partial charge on any atom is -0.473 e. The van der Waals surface area contributed by atoms with Crippen LogP contribution in [-0.4, -0.2) is 64.1 Å². The van der Waals surface area contributed by atoms with Crippen LogP contribution < -0.4 is 25.0 Å². The molecule has 198 valence electrons. The van der Waals surface area contributed by atoms with Gasteiger partial charge in [-0.2, -0.15) is 32.0 Å². The molecular weight excluding hydrogens is 529 g/mol. The van der Waals surface area contributed by atoms with Crippen molar-refractivity contribution >= 4 is 34.8 Å². The van der Waals surface area contributed by atoms with Crippen LogP contribution in [0.4, 0.5) is 38.3 Å². The van der Waals surface area contributed by atoms with Crippen molar-refractivity contribution in [1.82, 2.24) is 24.9 Å². The highest BCUT2D eigenvalue weighted by Crippen LogP contribution is 2.50. The number of aromatic nitrogens is 4. The summed E-state index contributed by atoms with van der Waals surface area (Å²) in [4.78, 5) is 22.2. The van der Waals surface area contributed by atoms with Gasteiger partial charge in [0.2, 0.25) is 5.88 Å². The number of hydrogen-bond donors (Lipinski definition) is 2. The average molecular weight is 548 g/mol. The van der Waals surface area contributed by atoms with Gasteiger partial charge in [0.15, 0.2) is 10.8 Å². The predicted molar refractivity (Wildman–Crippen MR) is 121 cm³/mol. The molecule has 2 aliphatic heterocycles. The molecule has 3 aromatic rings.